The Balaban J connectivity index is 2.71. The van der Waals surface area contributed by atoms with Crippen molar-refractivity contribution in [2.45, 2.75) is 18.9 Å². The van der Waals surface area contributed by atoms with E-state index in [4.69, 9.17) is 17.3 Å². The Morgan fingerprint density at radius 3 is 2.86 bits per heavy atom. The average Bonchev–Trinajstić information content (AvgIpc) is 2.10. The molecule has 0 saturated carbocycles. The van der Waals surface area contributed by atoms with Gasteiger partial charge < -0.3 is 5.73 Å². The minimum atomic E-state index is 0.103. The van der Waals surface area contributed by atoms with Crippen molar-refractivity contribution in [2.24, 2.45) is 5.73 Å². The van der Waals surface area contributed by atoms with Crippen LogP contribution in [0.25, 0.3) is 0 Å². The molecule has 0 amide bonds. The number of halogens is 2. The number of benzene rings is 1. The van der Waals surface area contributed by atoms with E-state index < -0.39 is 0 Å². The lowest BCUT2D eigenvalue weighted by Gasteiger charge is -2.10. The lowest BCUT2D eigenvalue weighted by atomic mass is 10.0. The van der Waals surface area contributed by atoms with Gasteiger partial charge >= 0.3 is 0 Å². The zero-order valence-electron chi connectivity index (χ0n) is 7.84. The van der Waals surface area contributed by atoms with Gasteiger partial charge in [-0.05, 0) is 30.5 Å². The molecule has 1 unspecified atom stereocenters. The molecule has 76 valence electrons. The molecular formula is C11H13BrClN. The summed E-state index contributed by atoms with van der Waals surface area (Å²) in [7, 11) is 0. The van der Waals surface area contributed by atoms with E-state index in [9.17, 15) is 0 Å². The summed E-state index contributed by atoms with van der Waals surface area (Å²) in [6, 6.07) is 5.96. The van der Waals surface area contributed by atoms with Crippen LogP contribution in [0.3, 0.4) is 0 Å². The third-order valence-corrected chi connectivity index (χ3v) is 2.81. The molecule has 0 aliphatic carbocycles. The predicted octanol–water partition coefficient (Wildman–Crippen LogP) is 3.55. The molecule has 0 aliphatic rings. The van der Waals surface area contributed by atoms with Gasteiger partial charge in [0.2, 0.25) is 0 Å². The molecule has 0 saturated heterocycles. The Morgan fingerprint density at radius 1 is 1.57 bits per heavy atom. The van der Waals surface area contributed by atoms with E-state index in [1.54, 1.807) is 0 Å². The fourth-order valence-electron chi connectivity index (χ4n) is 1.27. The molecule has 1 nitrogen and oxygen atoms in total. The second-order valence-corrected chi connectivity index (χ2v) is 4.55. The molecule has 2 N–H and O–H groups in total. The van der Waals surface area contributed by atoms with Crippen LogP contribution in [0.1, 0.15) is 12.0 Å². The normalized spacial score (nSPS) is 12.5. The van der Waals surface area contributed by atoms with Crippen molar-refractivity contribution in [2.75, 3.05) is 0 Å². The van der Waals surface area contributed by atoms with E-state index in [1.807, 2.05) is 24.3 Å². The van der Waals surface area contributed by atoms with Crippen LogP contribution in [-0.4, -0.2) is 6.04 Å². The molecule has 1 atom stereocenters. The van der Waals surface area contributed by atoms with Gasteiger partial charge in [0.05, 0.1) is 0 Å². The first-order chi connectivity index (χ1) is 6.63. The Hall–Kier alpha value is -0.310. The van der Waals surface area contributed by atoms with Crippen LogP contribution in [0.15, 0.2) is 35.3 Å². The van der Waals surface area contributed by atoms with Crippen molar-refractivity contribution in [3.8, 4) is 0 Å². The molecule has 0 bridgehead atoms. The zero-order chi connectivity index (χ0) is 10.6. The van der Waals surface area contributed by atoms with Gasteiger partial charge in [-0.25, -0.2) is 0 Å². The molecule has 0 aromatic heterocycles. The van der Waals surface area contributed by atoms with Crippen molar-refractivity contribution >= 4 is 27.5 Å². The summed E-state index contributed by atoms with van der Waals surface area (Å²) < 4.78 is 0.989. The number of nitrogens with two attached hydrogens (primary N) is 1. The van der Waals surface area contributed by atoms with Crippen LogP contribution >= 0.6 is 27.5 Å². The monoisotopic (exact) mass is 273 g/mol. The molecule has 3 heteroatoms. The second kappa shape index (κ2) is 5.54. The summed E-state index contributed by atoms with van der Waals surface area (Å²) in [5.41, 5.74) is 6.97. The Morgan fingerprint density at radius 2 is 2.29 bits per heavy atom. The van der Waals surface area contributed by atoms with Crippen molar-refractivity contribution < 1.29 is 0 Å². The van der Waals surface area contributed by atoms with Crippen molar-refractivity contribution in [3.05, 3.63) is 45.9 Å². The molecule has 0 spiro atoms. The van der Waals surface area contributed by atoms with Crippen molar-refractivity contribution in [3.63, 3.8) is 0 Å². The highest BCUT2D eigenvalue weighted by molar-refractivity contribution is 9.10. The molecule has 0 aliphatic heterocycles. The molecule has 0 radical (unpaired) electrons. The first-order valence-corrected chi connectivity index (χ1v) is 5.61. The van der Waals surface area contributed by atoms with Gasteiger partial charge in [0.15, 0.2) is 0 Å². The SMILES string of the molecule is C=CCC(N)Cc1ccc(Br)cc1Cl. The summed E-state index contributed by atoms with van der Waals surface area (Å²) in [6.07, 6.45) is 3.43. The number of rotatable bonds is 4. The molecule has 1 rings (SSSR count). The highest BCUT2D eigenvalue weighted by atomic mass is 79.9. The van der Waals surface area contributed by atoms with E-state index in [1.165, 1.54) is 0 Å². The standard InChI is InChI=1S/C11H13BrClN/c1-2-3-10(14)6-8-4-5-9(12)7-11(8)13/h2,4-5,7,10H,1,3,6,14H2. The Labute approximate surface area is 98.1 Å². The molecule has 1 aromatic carbocycles. The fourth-order valence-corrected chi connectivity index (χ4v) is 2.02. The largest absolute Gasteiger partial charge is 0.327 e. The van der Waals surface area contributed by atoms with Crippen molar-refractivity contribution in [1.82, 2.24) is 0 Å². The van der Waals surface area contributed by atoms with Crippen LogP contribution in [-0.2, 0) is 6.42 Å². The highest BCUT2D eigenvalue weighted by Crippen LogP contribution is 2.22. The topological polar surface area (TPSA) is 26.0 Å². The van der Waals surface area contributed by atoms with Crippen LogP contribution in [0, 0.1) is 0 Å². The van der Waals surface area contributed by atoms with Gasteiger partial charge in [-0.15, -0.1) is 6.58 Å². The molecule has 1 aromatic rings. The van der Waals surface area contributed by atoms with E-state index in [0.29, 0.717) is 0 Å². The van der Waals surface area contributed by atoms with Gasteiger partial charge in [0, 0.05) is 15.5 Å². The third-order valence-electron chi connectivity index (χ3n) is 1.97. The Kier molecular flexibility index (Phi) is 4.66. The summed E-state index contributed by atoms with van der Waals surface area (Å²) in [6.45, 7) is 3.66. The van der Waals surface area contributed by atoms with Crippen molar-refractivity contribution in [1.29, 1.82) is 0 Å². The number of hydrogen-bond acceptors (Lipinski definition) is 1. The minimum absolute atomic E-state index is 0.103. The van der Waals surface area contributed by atoms with Gasteiger partial charge in [-0.3, -0.25) is 0 Å². The molecule has 0 heterocycles. The van der Waals surface area contributed by atoms with Gasteiger partial charge in [-0.2, -0.15) is 0 Å². The Bertz CT molecular complexity index is 325. The predicted molar refractivity (Wildman–Crippen MR) is 65.6 cm³/mol. The smallest absolute Gasteiger partial charge is 0.0449 e. The lowest BCUT2D eigenvalue weighted by Crippen LogP contribution is -2.21. The van der Waals surface area contributed by atoms with Gasteiger partial charge in [0.1, 0.15) is 0 Å². The maximum absolute atomic E-state index is 6.06. The third kappa shape index (κ3) is 3.45. The fraction of sp³-hybridized carbons (Fsp3) is 0.273. The van der Waals surface area contributed by atoms with Crippen LogP contribution < -0.4 is 5.73 Å². The van der Waals surface area contributed by atoms with E-state index in [-0.39, 0.29) is 6.04 Å². The first-order valence-electron chi connectivity index (χ1n) is 4.44. The second-order valence-electron chi connectivity index (χ2n) is 3.22. The van der Waals surface area contributed by atoms with Crippen LogP contribution in [0.4, 0.5) is 0 Å². The quantitative estimate of drug-likeness (QED) is 0.835. The minimum Gasteiger partial charge on any atom is -0.327 e. The summed E-state index contributed by atoms with van der Waals surface area (Å²) >= 11 is 9.42. The van der Waals surface area contributed by atoms with Crippen LogP contribution in [0.2, 0.25) is 5.02 Å². The molecule has 0 fully saturated rings. The first kappa shape index (κ1) is 11.8. The average molecular weight is 275 g/mol. The highest BCUT2D eigenvalue weighted by Gasteiger charge is 2.05. The maximum Gasteiger partial charge on any atom is 0.0449 e. The summed E-state index contributed by atoms with van der Waals surface area (Å²) in [5.74, 6) is 0. The van der Waals surface area contributed by atoms with Crippen LogP contribution in [0.5, 0.6) is 0 Å². The zero-order valence-corrected chi connectivity index (χ0v) is 10.2. The van der Waals surface area contributed by atoms with E-state index in [2.05, 4.69) is 22.5 Å². The molecule has 14 heavy (non-hydrogen) atoms. The van der Waals surface area contributed by atoms with E-state index in [0.717, 1.165) is 27.9 Å². The molecular weight excluding hydrogens is 261 g/mol. The summed E-state index contributed by atoms with van der Waals surface area (Å²) in [4.78, 5) is 0. The lowest BCUT2D eigenvalue weighted by molar-refractivity contribution is 0.680. The van der Waals surface area contributed by atoms with Gasteiger partial charge in [0.25, 0.3) is 0 Å². The number of hydrogen-bond donors (Lipinski definition) is 1. The van der Waals surface area contributed by atoms with Gasteiger partial charge in [-0.1, -0.05) is 39.7 Å². The maximum atomic E-state index is 6.06. The summed E-state index contributed by atoms with van der Waals surface area (Å²) in [5, 5.41) is 0.763. The van der Waals surface area contributed by atoms with E-state index >= 15 is 0 Å².